The Bertz CT molecular complexity index is 698. The van der Waals surface area contributed by atoms with E-state index >= 15 is 0 Å². The number of likely N-dealkylation sites (tertiary alicyclic amines) is 1. The third-order valence-corrected chi connectivity index (χ3v) is 4.28. The molecule has 1 aliphatic heterocycles. The Balaban J connectivity index is 1.72. The number of aromatic nitrogens is 1. The lowest BCUT2D eigenvalue weighted by Gasteiger charge is -2.19. The molecule has 2 N–H and O–H groups in total. The topological polar surface area (TPSA) is 90.8 Å². The van der Waals surface area contributed by atoms with Crippen molar-refractivity contribution in [3.63, 3.8) is 0 Å². The van der Waals surface area contributed by atoms with Crippen LogP contribution in [-0.4, -0.2) is 48.7 Å². The number of ether oxygens (including phenoxy) is 2. The molecule has 0 radical (unpaired) electrons. The fraction of sp³-hybridized carbons (Fsp3) is 0.412. The van der Waals surface area contributed by atoms with Gasteiger partial charge < -0.3 is 19.6 Å². The Morgan fingerprint density at radius 2 is 2.12 bits per heavy atom. The zero-order valence-corrected chi connectivity index (χ0v) is 13.8. The molecule has 7 heteroatoms. The minimum atomic E-state index is -0.339. The van der Waals surface area contributed by atoms with E-state index in [4.69, 9.17) is 19.6 Å². The van der Waals surface area contributed by atoms with Crippen LogP contribution in [0.2, 0.25) is 0 Å². The van der Waals surface area contributed by atoms with Crippen molar-refractivity contribution in [3.05, 3.63) is 36.2 Å². The van der Waals surface area contributed by atoms with Crippen LogP contribution in [0.4, 0.5) is 0 Å². The summed E-state index contributed by atoms with van der Waals surface area (Å²) in [5.41, 5.74) is 7.11. The molecule has 2 heterocycles. The lowest BCUT2D eigenvalue weighted by Crippen LogP contribution is -2.39. The molecule has 0 saturated carbocycles. The van der Waals surface area contributed by atoms with E-state index in [-0.39, 0.29) is 18.1 Å². The summed E-state index contributed by atoms with van der Waals surface area (Å²) in [5.74, 6) is 0.969. The highest BCUT2D eigenvalue weighted by Gasteiger charge is 2.36. The van der Waals surface area contributed by atoms with E-state index in [0.717, 1.165) is 17.0 Å². The van der Waals surface area contributed by atoms with Gasteiger partial charge in [-0.25, -0.2) is 4.98 Å². The predicted octanol–water partition coefficient (Wildman–Crippen LogP) is 1.42. The standard InChI is InChI=1S/C17H21N3O4/c1-22-13-5-3-11(4-6-13)17-19-12(10-24-17)8-20-9-14(23-2)7-15(20)16(18)21/h3-6,10,14-15H,7-9H2,1-2H3,(H2,18,21)/t14-,15-/m0/s1. The Morgan fingerprint density at radius 1 is 1.38 bits per heavy atom. The normalized spacial score (nSPS) is 21.1. The van der Waals surface area contributed by atoms with Gasteiger partial charge in [-0.1, -0.05) is 0 Å². The fourth-order valence-electron chi connectivity index (χ4n) is 2.96. The first-order valence-corrected chi connectivity index (χ1v) is 7.75. The van der Waals surface area contributed by atoms with Gasteiger partial charge in [0.25, 0.3) is 0 Å². The summed E-state index contributed by atoms with van der Waals surface area (Å²) in [7, 11) is 3.26. The number of amides is 1. The number of hydrogen-bond acceptors (Lipinski definition) is 6. The average molecular weight is 331 g/mol. The quantitative estimate of drug-likeness (QED) is 0.861. The van der Waals surface area contributed by atoms with Gasteiger partial charge in [0, 0.05) is 25.8 Å². The number of carbonyl (C=O) groups is 1. The number of hydrogen-bond donors (Lipinski definition) is 1. The summed E-state index contributed by atoms with van der Waals surface area (Å²) in [6.07, 6.45) is 2.22. The van der Waals surface area contributed by atoms with E-state index in [2.05, 4.69) is 4.98 Å². The number of primary amides is 1. The van der Waals surface area contributed by atoms with E-state index in [1.165, 1.54) is 0 Å². The van der Waals surface area contributed by atoms with Crippen LogP contribution in [0.5, 0.6) is 5.75 Å². The molecule has 1 aromatic heterocycles. The molecule has 0 bridgehead atoms. The molecule has 24 heavy (non-hydrogen) atoms. The average Bonchev–Trinajstić information content (AvgIpc) is 3.22. The molecule has 1 aromatic carbocycles. The first kappa shape index (κ1) is 16.5. The second-order valence-electron chi connectivity index (χ2n) is 5.81. The Labute approximate surface area is 140 Å². The summed E-state index contributed by atoms with van der Waals surface area (Å²) in [4.78, 5) is 18.1. The maximum absolute atomic E-state index is 11.6. The zero-order valence-electron chi connectivity index (χ0n) is 13.8. The fourth-order valence-corrected chi connectivity index (χ4v) is 2.96. The maximum Gasteiger partial charge on any atom is 0.234 e. The second kappa shape index (κ2) is 7.02. The van der Waals surface area contributed by atoms with Gasteiger partial charge in [0.15, 0.2) is 0 Å². The lowest BCUT2D eigenvalue weighted by molar-refractivity contribution is -0.122. The molecule has 128 valence electrons. The number of nitrogens with zero attached hydrogens (tertiary/aromatic N) is 2. The molecule has 1 aliphatic rings. The van der Waals surface area contributed by atoms with Crippen LogP contribution >= 0.6 is 0 Å². The van der Waals surface area contributed by atoms with Gasteiger partial charge in [0.05, 0.1) is 24.9 Å². The summed E-state index contributed by atoms with van der Waals surface area (Å²) in [6.45, 7) is 1.14. The maximum atomic E-state index is 11.6. The Hall–Kier alpha value is -2.38. The Kier molecular flexibility index (Phi) is 4.82. The molecule has 0 unspecified atom stereocenters. The van der Waals surface area contributed by atoms with Gasteiger partial charge in [-0.05, 0) is 30.7 Å². The van der Waals surface area contributed by atoms with Gasteiger partial charge in [0.1, 0.15) is 12.0 Å². The highest BCUT2D eigenvalue weighted by molar-refractivity contribution is 5.80. The number of benzene rings is 1. The third-order valence-electron chi connectivity index (χ3n) is 4.28. The van der Waals surface area contributed by atoms with Crippen LogP contribution in [-0.2, 0) is 16.1 Å². The van der Waals surface area contributed by atoms with Gasteiger partial charge in [-0.15, -0.1) is 0 Å². The molecular weight excluding hydrogens is 310 g/mol. The van der Waals surface area contributed by atoms with E-state index in [9.17, 15) is 4.79 Å². The number of oxazole rings is 1. The minimum Gasteiger partial charge on any atom is -0.497 e. The van der Waals surface area contributed by atoms with Crippen molar-refractivity contribution in [1.29, 1.82) is 0 Å². The molecule has 2 atom stereocenters. The van der Waals surface area contributed by atoms with Crippen LogP contribution in [0.3, 0.4) is 0 Å². The van der Waals surface area contributed by atoms with Gasteiger partial charge in [-0.2, -0.15) is 0 Å². The number of rotatable bonds is 6. The largest absolute Gasteiger partial charge is 0.497 e. The molecule has 0 spiro atoms. The van der Waals surface area contributed by atoms with Crippen molar-refractivity contribution in [2.24, 2.45) is 5.73 Å². The van der Waals surface area contributed by atoms with E-state index in [0.29, 0.717) is 25.4 Å². The summed E-state index contributed by atoms with van der Waals surface area (Å²) in [5, 5.41) is 0. The van der Waals surface area contributed by atoms with E-state index in [1.807, 2.05) is 29.2 Å². The predicted molar refractivity (Wildman–Crippen MR) is 87.3 cm³/mol. The van der Waals surface area contributed by atoms with Crippen molar-refractivity contribution < 1.29 is 18.7 Å². The molecule has 0 aliphatic carbocycles. The van der Waals surface area contributed by atoms with E-state index < -0.39 is 0 Å². The first-order chi connectivity index (χ1) is 11.6. The van der Waals surface area contributed by atoms with E-state index in [1.54, 1.807) is 20.5 Å². The molecule has 1 fully saturated rings. The van der Waals surface area contributed by atoms with Crippen LogP contribution in [0, 0.1) is 0 Å². The molecule has 7 nitrogen and oxygen atoms in total. The highest BCUT2D eigenvalue weighted by Crippen LogP contribution is 2.25. The smallest absolute Gasteiger partial charge is 0.234 e. The van der Waals surface area contributed by atoms with Crippen molar-refractivity contribution >= 4 is 5.91 Å². The number of carbonyl (C=O) groups excluding carboxylic acids is 1. The van der Waals surface area contributed by atoms with Gasteiger partial charge >= 0.3 is 0 Å². The van der Waals surface area contributed by atoms with Crippen LogP contribution < -0.4 is 10.5 Å². The Morgan fingerprint density at radius 3 is 2.75 bits per heavy atom. The van der Waals surface area contributed by atoms with Crippen molar-refractivity contribution in [2.75, 3.05) is 20.8 Å². The summed E-state index contributed by atoms with van der Waals surface area (Å²) >= 11 is 0. The number of methoxy groups -OCH3 is 2. The van der Waals surface area contributed by atoms with Crippen molar-refractivity contribution in [3.8, 4) is 17.2 Å². The monoisotopic (exact) mass is 331 g/mol. The van der Waals surface area contributed by atoms with Gasteiger partial charge in [0.2, 0.25) is 11.8 Å². The molecule has 1 amide bonds. The second-order valence-corrected chi connectivity index (χ2v) is 5.81. The molecule has 3 rings (SSSR count). The van der Waals surface area contributed by atoms with Crippen molar-refractivity contribution in [2.45, 2.75) is 25.1 Å². The molecule has 2 aromatic rings. The minimum absolute atomic E-state index is 0.00968. The number of nitrogens with two attached hydrogens (primary N) is 1. The first-order valence-electron chi connectivity index (χ1n) is 7.75. The van der Waals surface area contributed by atoms with Crippen LogP contribution in [0.1, 0.15) is 12.1 Å². The zero-order chi connectivity index (χ0) is 17.1. The van der Waals surface area contributed by atoms with Gasteiger partial charge in [-0.3, -0.25) is 9.69 Å². The SMILES string of the molecule is COc1ccc(-c2nc(CN3C[C@@H](OC)C[C@H]3C(N)=O)co2)cc1. The molecule has 1 saturated heterocycles. The highest BCUT2D eigenvalue weighted by atomic mass is 16.5. The van der Waals surface area contributed by atoms with Crippen LogP contribution in [0.15, 0.2) is 34.9 Å². The lowest BCUT2D eigenvalue weighted by atomic mass is 10.2. The summed E-state index contributed by atoms with van der Waals surface area (Å²) < 4.78 is 16.0. The van der Waals surface area contributed by atoms with Crippen molar-refractivity contribution in [1.82, 2.24) is 9.88 Å². The van der Waals surface area contributed by atoms with Crippen LogP contribution in [0.25, 0.3) is 11.5 Å². The molecular formula is C17H21N3O4. The summed E-state index contributed by atoms with van der Waals surface area (Å²) in [6, 6.07) is 7.14. The third kappa shape index (κ3) is 3.42.